The predicted molar refractivity (Wildman–Crippen MR) is 78.1 cm³/mol. The first kappa shape index (κ1) is 15.5. The Labute approximate surface area is 119 Å². The van der Waals surface area contributed by atoms with Crippen LogP contribution in [0.4, 0.5) is 0 Å². The van der Waals surface area contributed by atoms with Gasteiger partial charge >= 0.3 is 0 Å². The maximum atomic E-state index is 11.9. The van der Waals surface area contributed by atoms with E-state index in [1.54, 1.807) is 30.3 Å². The first-order valence-corrected chi connectivity index (χ1v) is 6.15. The SMILES string of the molecule is C=CCOc1ccc(C(=O)NC2CCNC2)cc1.Cl. The minimum atomic E-state index is -0.0287. The van der Waals surface area contributed by atoms with E-state index in [9.17, 15) is 4.79 Å². The molecule has 1 aliphatic rings. The summed E-state index contributed by atoms with van der Waals surface area (Å²) in [5, 5.41) is 6.22. The molecule has 0 aliphatic carbocycles. The van der Waals surface area contributed by atoms with E-state index in [4.69, 9.17) is 4.74 Å². The summed E-state index contributed by atoms with van der Waals surface area (Å²) in [6.07, 6.45) is 2.68. The van der Waals surface area contributed by atoms with Crippen molar-refractivity contribution in [3.8, 4) is 5.75 Å². The summed E-state index contributed by atoms with van der Waals surface area (Å²) in [5.41, 5.74) is 0.660. The first-order valence-electron chi connectivity index (χ1n) is 6.15. The fourth-order valence-corrected chi connectivity index (χ4v) is 1.90. The molecule has 1 atom stereocenters. The summed E-state index contributed by atoms with van der Waals surface area (Å²) in [4.78, 5) is 11.9. The average Bonchev–Trinajstić information content (AvgIpc) is 2.89. The van der Waals surface area contributed by atoms with Crippen LogP contribution in [0.2, 0.25) is 0 Å². The molecular weight excluding hydrogens is 264 g/mol. The van der Waals surface area contributed by atoms with Crippen molar-refractivity contribution in [1.29, 1.82) is 0 Å². The molecule has 1 fully saturated rings. The highest BCUT2D eigenvalue weighted by Gasteiger charge is 2.17. The van der Waals surface area contributed by atoms with Gasteiger partial charge in [0.05, 0.1) is 0 Å². The van der Waals surface area contributed by atoms with Crippen molar-refractivity contribution < 1.29 is 9.53 Å². The molecule has 1 aromatic carbocycles. The quantitative estimate of drug-likeness (QED) is 0.809. The molecule has 104 valence electrons. The van der Waals surface area contributed by atoms with Crippen LogP contribution in [-0.2, 0) is 0 Å². The Hall–Kier alpha value is -1.52. The summed E-state index contributed by atoms with van der Waals surface area (Å²) in [5.74, 6) is 0.716. The Balaban J connectivity index is 0.00000180. The van der Waals surface area contributed by atoms with Crippen LogP contribution >= 0.6 is 12.4 Å². The molecule has 19 heavy (non-hydrogen) atoms. The van der Waals surface area contributed by atoms with Crippen LogP contribution in [0.1, 0.15) is 16.8 Å². The van der Waals surface area contributed by atoms with Gasteiger partial charge in [-0.05, 0) is 37.2 Å². The van der Waals surface area contributed by atoms with E-state index in [0.29, 0.717) is 12.2 Å². The number of hydrogen-bond acceptors (Lipinski definition) is 3. The lowest BCUT2D eigenvalue weighted by atomic mass is 10.2. The van der Waals surface area contributed by atoms with Crippen LogP contribution in [0.3, 0.4) is 0 Å². The second-order valence-corrected chi connectivity index (χ2v) is 4.29. The van der Waals surface area contributed by atoms with E-state index >= 15 is 0 Å². The zero-order valence-corrected chi connectivity index (χ0v) is 11.5. The lowest BCUT2D eigenvalue weighted by Gasteiger charge is -2.11. The van der Waals surface area contributed by atoms with Crippen LogP contribution in [-0.4, -0.2) is 31.6 Å². The molecule has 1 saturated heterocycles. The molecular formula is C14H19ClN2O2. The third-order valence-electron chi connectivity index (χ3n) is 2.88. The lowest BCUT2D eigenvalue weighted by Crippen LogP contribution is -2.36. The molecule has 0 bridgehead atoms. The van der Waals surface area contributed by atoms with Gasteiger partial charge in [-0.15, -0.1) is 12.4 Å². The van der Waals surface area contributed by atoms with Gasteiger partial charge in [0.25, 0.3) is 5.91 Å². The molecule has 1 amide bonds. The zero-order valence-electron chi connectivity index (χ0n) is 10.7. The van der Waals surface area contributed by atoms with E-state index in [1.807, 2.05) is 0 Å². The molecule has 1 aromatic rings. The molecule has 1 aliphatic heterocycles. The van der Waals surface area contributed by atoms with Crippen LogP contribution < -0.4 is 15.4 Å². The number of rotatable bonds is 5. The summed E-state index contributed by atoms with van der Waals surface area (Å²) in [6, 6.07) is 7.39. The van der Waals surface area contributed by atoms with E-state index in [0.717, 1.165) is 25.3 Å². The van der Waals surface area contributed by atoms with Gasteiger partial charge < -0.3 is 15.4 Å². The standard InChI is InChI=1S/C14H18N2O2.ClH/c1-2-9-18-13-5-3-11(4-6-13)14(17)16-12-7-8-15-10-12;/h2-6,12,15H,1,7-10H2,(H,16,17);1H. The molecule has 2 rings (SSSR count). The van der Waals surface area contributed by atoms with Crippen molar-refractivity contribution in [1.82, 2.24) is 10.6 Å². The van der Waals surface area contributed by atoms with Crippen LogP contribution in [0, 0.1) is 0 Å². The van der Waals surface area contributed by atoms with Crippen LogP contribution in [0.25, 0.3) is 0 Å². The van der Waals surface area contributed by atoms with Gasteiger partial charge in [-0.3, -0.25) is 4.79 Å². The Morgan fingerprint density at radius 3 is 2.79 bits per heavy atom. The molecule has 1 unspecified atom stereocenters. The van der Waals surface area contributed by atoms with Crippen molar-refractivity contribution in [2.45, 2.75) is 12.5 Å². The summed E-state index contributed by atoms with van der Waals surface area (Å²) in [6.45, 7) is 5.88. The largest absolute Gasteiger partial charge is 0.490 e. The maximum absolute atomic E-state index is 11.9. The zero-order chi connectivity index (χ0) is 12.8. The van der Waals surface area contributed by atoms with Crippen molar-refractivity contribution in [2.75, 3.05) is 19.7 Å². The fourth-order valence-electron chi connectivity index (χ4n) is 1.90. The molecule has 5 heteroatoms. The number of benzene rings is 1. The smallest absolute Gasteiger partial charge is 0.251 e. The number of amides is 1. The van der Waals surface area contributed by atoms with Crippen LogP contribution in [0.5, 0.6) is 5.75 Å². The molecule has 0 spiro atoms. The topological polar surface area (TPSA) is 50.4 Å². The Morgan fingerprint density at radius 2 is 2.21 bits per heavy atom. The summed E-state index contributed by atoms with van der Waals surface area (Å²) < 4.78 is 5.36. The second-order valence-electron chi connectivity index (χ2n) is 4.29. The molecule has 0 aromatic heterocycles. The monoisotopic (exact) mass is 282 g/mol. The number of hydrogen-bond donors (Lipinski definition) is 2. The Kier molecular flexibility index (Phi) is 6.39. The molecule has 0 saturated carbocycles. The van der Waals surface area contributed by atoms with E-state index in [1.165, 1.54) is 0 Å². The third kappa shape index (κ3) is 4.58. The third-order valence-corrected chi connectivity index (χ3v) is 2.88. The Morgan fingerprint density at radius 1 is 1.47 bits per heavy atom. The fraction of sp³-hybridized carbons (Fsp3) is 0.357. The van der Waals surface area contributed by atoms with Gasteiger partial charge in [-0.1, -0.05) is 12.7 Å². The molecule has 0 radical (unpaired) electrons. The van der Waals surface area contributed by atoms with Crippen LogP contribution in [0.15, 0.2) is 36.9 Å². The number of carbonyl (C=O) groups excluding carboxylic acids is 1. The number of ether oxygens (including phenoxy) is 1. The predicted octanol–water partition coefficient (Wildman–Crippen LogP) is 1.76. The van der Waals surface area contributed by atoms with Crippen molar-refractivity contribution >= 4 is 18.3 Å². The highest BCUT2D eigenvalue weighted by atomic mass is 35.5. The van der Waals surface area contributed by atoms with Gasteiger partial charge in [-0.25, -0.2) is 0 Å². The number of carbonyl (C=O) groups is 1. The van der Waals surface area contributed by atoms with Gasteiger partial charge in [0.1, 0.15) is 12.4 Å². The minimum absolute atomic E-state index is 0. The number of nitrogens with one attached hydrogen (secondary N) is 2. The van der Waals surface area contributed by atoms with Crippen molar-refractivity contribution in [3.05, 3.63) is 42.5 Å². The average molecular weight is 283 g/mol. The first-order chi connectivity index (χ1) is 8.79. The van der Waals surface area contributed by atoms with Gasteiger partial charge in [-0.2, -0.15) is 0 Å². The van der Waals surface area contributed by atoms with Gasteiger partial charge in [0.2, 0.25) is 0 Å². The molecule has 4 nitrogen and oxygen atoms in total. The normalized spacial score (nSPS) is 17.4. The summed E-state index contributed by atoms with van der Waals surface area (Å²) in [7, 11) is 0. The minimum Gasteiger partial charge on any atom is -0.490 e. The van der Waals surface area contributed by atoms with E-state index in [-0.39, 0.29) is 24.4 Å². The second kappa shape index (κ2) is 7.81. The lowest BCUT2D eigenvalue weighted by molar-refractivity contribution is 0.0940. The Bertz CT molecular complexity index is 414. The maximum Gasteiger partial charge on any atom is 0.251 e. The number of halogens is 1. The van der Waals surface area contributed by atoms with Crippen molar-refractivity contribution in [3.63, 3.8) is 0 Å². The van der Waals surface area contributed by atoms with Gasteiger partial charge in [0.15, 0.2) is 0 Å². The van der Waals surface area contributed by atoms with E-state index in [2.05, 4.69) is 17.2 Å². The summed E-state index contributed by atoms with van der Waals surface area (Å²) >= 11 is 0. The van der Waals surface area contributed by atoms with Gasteiger partial charge in [0, 0.05) is 18.2 Å². The molecule has 1 heterocycles. The highest BCUT2D eigenvalue weighted by Crippen LogP contribution is 2.12. The molecule has 2 N–H and O–H groups in total. The van der Waals surface area contributed by atoms with E-state index < -0.39 is 0 Å². The van der Waals surface area contributed by atoms with Crippen molar-refractivity contribution in [2.24, 2.45) is 0 Å². The highest BCUT2D eigenvalue weighted by molar-refractivity contribution is 5.94.